The van der Waals surface area contributed by atoms with Crippen LogP contribution in [0, 0.1) is 0 Å². The van der Waals surface area contributed by atoms with Crippen LogP contribution < -0.4 is 0 Å². The summed E-state index contributed by atoms with van der Waals surface area (Å²) in [5.74, 6) is 0. The van der Waals surface area contributed by atoms with Crippen molar-refractivity contribution in [2.24, 2.45) is 0 Å². The molecule has 0 fully saturated rings. The minimum absolute atomic E-state index is 0.876. The second-order valence-corrected chi connectivity index (χ2v) is 11.2. The van der Waals surface area contributed by atoms with E-state index in [4.69, 9.17) is 9.97 Å². The van der Waals surface area contributed by atoms with E-state index in [1.54, 1.807) is 0 Å². The van der Waals surface area contributed by atoms with E-state index in [2.05, 4.69) is 129 Å². The van der Waals surface area contributed by atoms with Crippen molar-refractivity contribution in [3.05, 3.63) is 140 Å². The highest BCUT2D eigenvalue weighted by molar-refractivity contribution is 6.22. The Morgan fingerprint density at radius 3 is 1.63 bits per heavy atom. The molecule has 0 aliphatic rings. The highest BCUT2D eigenvalue weighted by atomic mass is 15.0. The van der Waals surface area contributed by atoms with Gasteiger partial charge >= 0.3 is 0 Å². The Bertz CT molecular complexity index is 2710. The van der Waals surface area contributed by atoms with E-state index in [9.17, 15) is 0 Å². The quantitative estimate of drug-likeness (QED) is 0.202. The third-order valence-electron chi connectivity index (χ3n) is 8.91. The summed E-state index contributed by atoms with van der Waals surface area (Å²) in [5, 5.41) is 7.17. The van der Waals surface area contributed by atoms with E-state index in [1.165, 1.54) is 43.6 Å². The van der Waals surface area contributed by atoms with Gasteiger partial charge in [0.1, 0.15) is 5.52 Å². The van der Waals surface area contributed by atoms with E-state index in [-0.39, 0.29) is 0 Å². The number of pyridine rings is 2. The largest absolute Gasteiger partial charge is 0.309 e. The Kier molecular flexibility index (Phi) is 4.39. The fraction of sp³-hybridized carbons (Fsp3) is 0. The Balaban J connectivity index is 1.45. The maximum absolute atomic E-state index is 4.74. The smallest absolute Gasteiger partial charge is 0.163 e. The number of fused-ring (bicyclic) bond motifs is 12. The molecule has 5 heteroatoms. The van der Waals surface area contributed by atoms with Gasteiger partial charge < -0.3 is 9.13 Å². The van der Waals surface area contributed by atoms with Crippen LogP contribution in [0.4, 0.5) is 0 Å². The zero-order chi connectivity index (χ0) is 28.1. The number of rotatable bonds is 2. The number of imidazole rings is 1. The van der Waals surface area contributed by atoms with E-state index in [0.717, 1.165) is 38.8 Å². The van der Waals surface area contributed by atoms with Gasteiger partial charge in [-0.15, -0.1) is 0 Å². The summed E-state index contributed by atoms with van der Waals surface area (Å²) >= 11 is 0. The third kappa shape index (κ3) is 3.00. The molecule has 200 valence electrons. The highest BCUT2D eigenvalue weighted by Crippen LogP contribution is 2.41. The predicted molar refractivity (Wildman–Crippen MR) is 177 cm³/mol. The molecule has 0 amide bonds. The molecule has 0 bridgehead atoms. The molecule has 0 N–H and O–H groups in total. The van der Waals surface area contributed by atoms with Crippen LogP contribution >= 0.6 is 0 Å². The van der Waals surface area contributed by atoms with Crippen molar-refractivity contribution in [3.63, 3.8) is 0 Å². The average Bonchev–Trinajstić information content (AvgIpc) is 3.77. The predicted octanol–water partition coefficient (Wildman–Crippen LogP) is 9.23. The lowest BCUT2D eigenvalue weighted by Crippen LogP contribution is -1.95. The molecule has 0 atom stereocenters. The van der Waals surface area contributed by atoms with Crippen LogP contribution in [0.25, 0.3) is 82.4 Å². The summed E-state index contributed by atoms with van der Waals surface area (Å²) in [7, 11) is 0. The van der Waals surface area contributed by atoms with Crippen LogP contribution in [0.3, 0.4) is 0 Å². The van der Waals surface area contributed by atoms with Gasteiger partial charge in [0.2, 0.25) is 0 Å². The summed E-state index contributed by atoms with van der Waals surface area (Å²) in [6, 6.07) is 43.7. The molecule has 5 nitrogen and oxygen atoms in total. The summed E-state index contributed by atoms with van der Waals surface area (Å²) < 4.78 is 6.98. The standard InChI is InChI=1S/C38H23N5/c1-3-10-24(11-4-1)42-32-16-8-7-14-26(32)28-21-35-31(23-34(28)42)30-20-33-29(22-36(30)43(35)25-12-5-2-6-13-25)27-15-9-17-39-37(27)38-40-18-19-41(33)38/h1-23H. The molecule has 0 aliphatic heterocycles. The highest BCUT2D eigenvalue weighted by Gasteiger charge is 2.20. The minimum Gasteiger partial charge on any atom is -0.309 e. The normalized spacial score (nSPS) is 12.2. The molecule has 0 radical (unpaired) electrons. The lowest BCUT2D eigenvalue weighted by atomic mass is 10.0. The fourth-order valence-corrected chi connectivity index (χ4v) is 7.11. The van der Waals surface area contributed by atoms with Crippen LogP contribution in [0.15, 0.2) is 140 Å². The van der Waals surface area contributed by atoms with Crippen LogP contribution in [0.5, 0.6) is 0 Å². The molecule has 10 rings (SSSR count). The first-order chi connectivity index (χ1) is 21.3. The molecule has 5 aromatic carbocycles. The molecule has 0 saturated heterocycles. The van der Waals surface area contributed by atoms with E-state index in [0.29, 0.717) is 0 Å². The van der Waals surface area contributed by atoms with E-state index < -0.39 is 0 Å². The molecule has 5 aromatic heterocycles. The maximum Gasteiger partial charge on any atom is 0.163 e. The van der Waals surface area contributed by atoms with Gasteiger partial charge in [-0.2, -0.15) is 0 Å². The molecule has 0 aliphatic carbocycles. The zero-order valence-corrected chi connectivity index (χ0v) is 23.0. The number of benzene rings is 5. The van der Waals surface area contributed by atoms with Crippen LogP contribution in [0.2, 0.25) is 0 Å². The van der Waals surface area contributed by atoms with Gasteiger partial charge in [0.05, 0.1) is 27.6 Å². The van der Waals surface area contributed by atoms with Crippen molar-refractivity contribution >= 4 is 71.1 Å². The van der Waals surface area contributed by atoms with E-state index >= 15 is 0 Å². The van der Waals surface area contributed by atoms with Crippen molar-refractivity contribution in [3.8, 4) is 11.4 Å². The molecule has 0 spiro atoms. The number of hydrogen-bond donors (Lipinski definition) is 0. The molecule has 10 aromatic rings. The lowest BCUT2D eigenvalue weighted by molar-refractivity contribution is 1.17. The van der Waals surface area contributed by atoms with Crippen LogP contribution in [-0.4, -0.2) is 23.5 Å². The van der Waals surface area contributed by atoms with Crippen LogP contribution in [-0.2, 0) is 0 Å². The van der Waals surface area contributed by atoms with Gasteiger partial charge in [0, 0.05) is 62.3 Å². The second kappa shape index (κ2) is 8.30. The minimum atomic E-state index is 0.876. The van der Waals surface area contributed by atoms with E-state index in [1.807, 2.05) is 24.7 Å². The first kappa shape index (κ1) is 22.7. The summed E-state index contributed by atoms with van der Waals surface area (Å²) in [5.41, 5.74) is 9.96. The summed E-state index contributed by atoms with van der Waals surface area (Å²) in [6.07, 6.45) is 5.75. The number of nitrogens with zero attached hydrogens (tertiary/aromatic N) is 5. The summed E-state index contributed by atoms with van der Waals surface area (Å²) in [6.45, 7) is 0. The molecule has 5 heterocycles. The van der Waals surface area contributed by atoms with Gasteiger partial charge in [-0.25, -0.2) is 4.98 Å². The van der Waals surface area contributed by atoms with Crippen LogP contribution in [0.1, 0.15) is 0 Å². The maximum atomic E-state index is 4.74. The zero-order valence-electron chi connectivity index (χ0n) is 23.0. The molecular formula is C38H23N5. The number of para-hydroxylation sites is 3. The lowest BCUT2D eigenvalue weighted by Gasteiger charge is -2.11. The second-order valence-electron chi connectivity index (χ2n) is 11.2. The third-order valence-corrected chi connectivity index (χ3v) is 8.91. The van der Waals surface area contributed by atoms with Gasteiger partial charge in [-0.05, 0) is 60.7 Å². The van der Waals surface area contributed by atoms with Gasteiger partial charge in [0.25, 0.3) is 0 Å². The van der Waals surface area contributed by atoms with Gasteiger partial charge in [-0.3, -0.25) is 9.38 Å². The SMILES string of the molecule is c1ccc(-n2c3ccccc3c3cc4c(cc32)c2cc3c(cc2n4-c2ccccc2)c2cccnc2c2nccn32)cc1. The molecule has 0 unspecified atom stereocenters. The fourth-order valence-electron chi connectivity index (χ4n) is 7.11. The average molecular weight is 550 g/mol. The molecular weight excluding hydrogens is 526 g/mol. The summed E-state index contributed by atoms with van der Waals surface area (Å²) in [4.78, 5) is 9.43. The first-order valence-corrected chi connectivity index (χ1v) is 14.5. The first-order valence-electron chi connectivity index (χ1n) is 14.5. The topological polar surface area (TPSA) is 40.0 Å². The Morgan fingerprint density at radius 1 is 0.395 bits per heavy atom. The Labute approximate surface area is 245 Å². The van der Waals surface area contributed by atoms with Crippen molar-refractivity contribution in [1.82, 2.24) is 23.5 Å². The van der Waals surface area contributed by atoms with Gasteiger partial charge in [0.15, 0.2) is 5.65 Å². The number of aromatic nitrogens is 5. The van der Waals surface area contributed by atoms with Crippen molar-refractivity contribution in [2.45, 2.75) is 0 Å². The van der Waals surface area contributed by atoms with Crippen molar-refractivity contribution in [2.75, 3.05) is 0 Å². The Morgan fingerprint density at radius 2 is 0.930 bits per heavy atom. The van der Waals surface area contributed by atoms with Gasteiger partial charge in [-0.1, -0.05) is 60.7 Å². The van der Waals surface area contributed by atoms with Crippen molar-refractivity contribution < 1.29 is 0 Å². The number of hydrogen-bond acceptors (Lipinski definition) is 2. The monoisotopic (exact) mass is 549 g/mol. The molecule has 43 heavy (non-hydrogen) atoms. The molecule has 0 saturated carbocycles. The Hall–Kier alpha value is -5.94. The van der Waals surface area contributed by atoms with Crippen molar-refractivity contribution in [1.29, 1.82) is 0 Å².